The molecular weight excluding hydrogens is 556 g/mol. The molecule has 6 heterocycles. The van der Waals surface area contributed by atoms with E-state index in [1.54, 1.807) is 17.0 Å². The Hall–Kier alpha value is -3.53. The summed E-state index contributed by atoms with van der Waals surface area (Å²) < 4.78 is 13.2. The van der Waals surface area contributed by atoms with Crippen LogP contribution in [0.3, 0.4) is 0 Å². The zero-order valence-electron chi connectivity index (χ0n) is 24.9. The van der Waals surface area contributed by atoms with E-state index in [2.05, 4.69) is 45.3 Å². The molecule has 0 aromatic carbocycles. The van der Waals surface area contributed by atoms with Crippen LogP contribution in [0.5, 0.6) is 0 Å². The van der Waals surface area contributed by atoms with Crippen molar-refractivity contribution in [2.75, 3.05) is 36.4 Å². The number of amides is 2. The molecule has 1 unspecified atom stereocenters. The Morgan fingerprint density at radius 1 is 1.14 bits per heavy atom. The van der Waals surface area contributed by atoms with Gasteiger partial charge < -0.3 is 45.6 Å². The van der Waals surface area contributed by atoms with Crippen LogP contribution < -0.4 is 26.2 Å². The van der Waals surface area contributed by atoms with E-state index in [9.17, 15) is 15.0 Å². The number of fused-ring (bicyclic) bond motifs is 1. The Bertz CT molecular complexity index is 1400. The molecule has 0 bridgehead atoms. The average molecular weight is 599 g/mol. The van der Waals surface area contributed by atoms with Crippen LogP contribution in [0.15, 0.2) is 16.9 Å². The summed E-state index contributed by atoms with van der Waals surface area (Å²) in [5, 5.41) is 38.9. The van der Waals surface area contributed by atoms with E-state index in [1.165, 1.54) is 0 Å². The van der Waals surface area contributed by atoms with E-state index in [-0.39, 0.29) is 24.2 Å². The lowest BCUT2D eigenvalue weighted by Crippen LogP contribution is -2.47. The molecular formula is C28H42N10O5. The van der Waals surface area contributed by atoms with Crippen molar-refractivity contribution >= 4 is 29.0 Å². The van der Waals surface area contributed by atoms with E-state index >= 15 is 0 Å². The minimum atomic E-state index is -1.26. The first-order chi connectivity index (χ1) is 20.9. The van der Waals surface area contributed by atoms with E-state index in [0.29, 0.717) is 48.2 Å². The summed E-state index contributed by atoms with van der Waals surface area (Å²) in [5.74, 6) is 1.42. The van der Waals surface area contributed by atoms with Gasteiger partial charge in [0, 0.05) is 43.8 Å². The number of nitrogens with one attached hydrogen (secondary N) is 4. The molecule has 43 heavy (non-hydrogen) atoms. The molecule has 234 valence electrons. The Labute approximate surface area is 249 Å². The second-order valence-electron chi connectivity index (χ2n) is 11.6. The monoisotopic (exact) mass is 598 g/mol. The molecule has 2 amide bonds. The minimum absolute atomic E-state index is 0.0557. The van der Waals surface area contributed by atoms with E-state index < -0.39 is 24.5 Å². The van der Waals surface area contributed by atoms with E-state index in [1.807, 2.05) is 11.8 Å². The van der Waals surface area contributed by atoms with Gasteiger partial charge in [0.25, 0.3) is 0 Å². The van der Waals surface area contributed by atoms with Gasteiger partial charge in [0.05, 0.1) is 12.0 Å². The lowest BCUT2D eigenvalue weighted by atomic mass is 10.1. The second-order valence-corrected chi connectivity index (χ2v) is 11.6. The minimum Gasteiger partial charge on any atom is -0.387 e. The molecule has 3 aromatic rings. The largest absolute Gasteiger partial charge is 0.387 e. The third-order valence-electron chi connectivity index (χ3n) is 8.67. The topological polar surface area (TPSA) is 188 Å². The molecule has 0 aliphatic carbocycles. The zero-order valence-corrected chi connectivity index (χ0v) is 24.9. The molecule has 3 fully saturated rings. The van der Waals surface area contributed by atoms with Gasteiger partial charge in [-0.05, 0) is 38.6 Å². The van der Waals surface area contributed by atoms with Gasteiger partial charge in [-0.2, -0.15) is 9.97 Å². The fourth-order valence-corrected chi connectivity index (χ4v) is 6.02. The van der Waals surface area contributed by atoms with Crippen molar-refractivity contribution in [3.05, 3.63) is 23.8 Å². The smallest absolute Gasteiger partial charge is 0.315 e. The Balaban J connectivity index is 1.26. The van der Waals surface area contributed by atoms with Gasteiger partial charge in [-0.15, -0.1) is 0 Å². The van der Waals surface area contributed by atoms with Crippen LogP contribution in [0, 0.1) is 0 Å². The maximum Gasteiger partial charge on any atom is 0.315 e. The Morgan fingerprint density at radius 2 is 1.95 bits per heavy atom. The molecule has 6 N–H and O–H groups in total. The maximum absolute atomic E-state index is 12.6. The number of ether oxygens (including phenoxy) is 1. The summed E-state index contributed by atoms with van der Waals surface area (Å²) in [6.45, 7) is 9.08. The van der Waals surface area contributed by atoms with Crippen molar-refractivity contribution in [2.45, 2.75) is 95.5 Å². The van der Waals surface area contributed by atoms with Crippen molar-refractivity contribution in [3.8, 4) is 0 Å². The van der Waals surface area contributed by atoms with Crippen LogP contribution in [0.2, 0.25) is 0 Å². The molecule has 3 aliphatic heterocycles. The number of nitrogens with zero attached hydrogens (tertiary/aromatic N) is 6. The average Bonchev–Trinajstić information content (AvgIpc) is 3.84. The van der Waals surface area contributed by atoms with Gasteiger partial charge >= 0.3 is 6.03 Å². The number of anilines is 2. The predicted molar refractivity (Wildman–Crippen MR) is 158 cm³/mol. The number of hydrogen-bond donors (Lipinski definition) is 6. The van der Waals surface area contributed by atoms with Crippen LogP contribution >= 0.6 is 0 Å². The lowest BCUT2D eigenvalue weighted by molar-refractivity contribution is -0.0434. The number of imidazole rings is 1. The third-order valence-corrected chi connectivity index (χ3v) is 8.67. The summed E-state index contributed by atoms with van der Waals surface area (Å²) in [4.78, 5) is 29.0. The van der Waals surface area contributed by atoms with Gasteiger partial charge in [-0.1, -0.05) is 25.9 Å². The molecule has 0 radical (unpaired) electrons. The number of carbonyl (C=O) groups is 1. The Kier molecular flexibility index (Phi) is 8.66. The number of aryl methyl sites for hydroxylation is 1. The van der Waals surface area contributed by atoms with Crippen molar-refractivity contribution < 1.29 is 24.3 Å². The Morgan fingerprint density at radius 3 is 2.67 bits per heavy atom. The number of aromatic nitrogens is 5. The summed E-state index contributed by atoms with van der Waals surface area (Å²) in [6.07, 6.45) is 1.33. The third kappa shape index (κ3) is 5.98. The normalized spacial score (nSPS) is 27.4. The number of aliphatic hydroxyl groups is 2. The fraction of sp³-hybridized carbons (Fsp3) is 0.679. The lowest BCUT2D eigenvalue weighted by Gasteiger charge is -2.22. The number of aliphatic hydroxyl groups excluding tert-OH is 2. The molecule has 3 aliphatic rings. The van der Waals surface area contributed by atoms with Crippen LogP contribution in [0.25, 0.3) is 11.2 Å². The molecule has 6 atom stereocenters. The van der Waals surface area contributed by atoms with Crippen LogP contribution in [0.1, 0.15) is 70.2 Å². The second kappa shape index (κ2) is 12.6. The zero-order chi connectivity index (χ0) is 30.1. The van der Waals surface area contributed by atoms with Gasteiger partial charge in [-0.3, -0.25) is 4.57 Å². The summed E-state index contributed by atoms with van der Waals surface area (Å²) in [7, 11) is 0. The van der Waals surface area contributed by atoms with Crippen LogP contribution in [-0.2, 0) is 11.2 Å². The predicted octanol–water partition coefficient (Wildman–Crippen LogP) is 1.21. The number of hydrogen-bond acceptors (Lipinski definition) is 12. The van der Waals surface area contributed by atoms with Crippen molar-refractivity contribution in [1.82, 2.24) is 40.6 Å². The summed E-state index contributed by atoms with van der Waals surface area (Å²) in [5.41, 5.74) is 1.73. The molecule has 6 rings (SSSR count). The van der Waals surface area contributed by atoms with Crippen LogP contribution in [-0.4, -0.2) is 97.4 Å². The quantitative estimate of drug-likeness (QED) is 0.196. The van der Waals surface area contributed by atoms with Crippen molar-refractivity contribution in [3.63, 3.8) is 0 Å². The highest BCUT2D eigenvalue weighted by atomic mass is 16.6. The van der Waals surface area contributed by atoms with Gasteiger partial charge in [0.1, 0.15) is 18.3 Å². The number of urea groups is 1. The maximum atomic E-state index is 12.6. The number of rotatable bonds is 10. The number of carbonyl (C=O) groups excluding carboxylic acids is 1. The molecule has 15 nitrogen and oxygen atoms in total. The molecule has 3 saturated heterocycles. The van der Waals surface area contributed by atoms with Gasteiger partial charge in [0.15, 0.2) is 29.0 Å². The molecule has 15 heteroatoms. The molecule has 3 aromatic heterocycles. The van der Waals surface area contributed by atoms with Crippen molar-refractivity contribution in [1.29, 1.82) is 0 Å². The standard InChI is InChI=1S/C28H42N10O5/c1-4-15(5-2)31-24-20-25(35-27(34-24)37-10-8-18(13-37)33-28(41)32-17-7-9-29-12-17)38(14-30-20)26-22(40)21(39)23(42-26)19-11-16(6-3)36-43-19/h11,14-15,17-18,21-23,26,29,39-40H,4-10,12-13H2,1-3H3,(H,31,34,35)(H2,32,33,41)/t17-,18?,21-,22+,23-,26-/m1/s1. The van der Waals surface area contributed by atoms with Crippen LogP contribution in [0.4, 0.5) is 16.6 Å². The molecule has 0 saturated carbocycles. The van der Waals surface area contributed by atoms with Crippen molar-refractivity contribution in [2.24, 2.45) is 0 Å². The first-order valence-electron chi connectivity index (χ1n) is 15.4. The fourth-order valence-electron chi connectivity index (χ4n) is 6.02. The first-order valence-corrected chi connectivity index (χ1v) is 15.4. The highest BCUT2D eigenvalue weighted by Gasteiger charge is 2.47. The highest BCUT2D eigenvalue weighted by molar-refractivity contribution is 5.84. The first kappa shape index (κ1) is 29.5. The SMILES string of the molecule is CCc1cc([C@H]2O[C@@H](n3cnc4c(NC(CC)CC)nc(N5CCC(NC(=O)N[C@@H]6CCNC6)C5)nc43)[C@@H](O)[C@H]2O)on1. The summed E-state index contributed by atoms with van der Waals surface area (Å²) in [6, 6.07) is 1.84. The van der Waals surface area contributed by atoms with E-state index in [0.717, 1.165) is 44.5 Å². The van der Waals surface area contributed by atoms with E-state index in [4.69, 9.17) is 19.2 Å². The highest BCUT2D eigenvalue weighted by Crippen LogP contribution is 2.40. The molecule has 0 spiro atoms. The summed E-state index contributed by atoms with van der Waals surface area (Å²) >= 11 is 0. The van der Waals surface area contributed by atoms with Gasteiger partial charge in [-0.25, -0.2) is 9.78 Å². The van der Waals surface area contributed by atoms with Gasteiger partial charge in [0.2, 0.25) is 5.95 Å².